The summed E-state index contributed by atoms with van der Waals surface area (Å²) in [6.07, 6.45) is -5.01. The molecule has 19 heavy (non-hydrogen) atoms. The van der Waals surface area contributed by atoms with Crippen LogP contribution in [0, 0.1) is 17.8 Å². The van der Waals surface area contributed by atoms with Crippen molar-refractivity contribution < 1.29 is 32.2 Å². The Labute approximate surface area is 110 Å². The van der Waals surface area contributed by atoms with Gasteiger partial charge in [0, 0.05) is 0 Å². The molecule has 4 nitrogen and oxygen atoms in total. The molecule has 0 spiro atoms. The lowest BCUT2D eigenvalue weighted by Gasteiger charge is -2.19. The Bertz CT molecular complexity index is 287. The molecule has 0 aromatic carbocycles. The van der Waals surface area contributed by atoms with Gasteiger partial charge in [-0.25, -0.2) is 0 Å². The second-order valence-corrected chi connectivity index (χ2v) is 5.02. The van der Waals surface area contributed by atoms with Crippen molar-refractivity contribution in [3.05, 3.63) is 0 Å². The number of carbonyl (C=O) groups is 2. The number of halogens is 3. The summed E-state index contributed by atoms with van der Waals surface area (Å²) in [5.41, 5.74) is 0. The lowest BCUT2D eigenvalue weighted by molar-refractivity contribution is -0.209. The molecular formula is C12H19F3O4. The smallest absolute Gasteiger partial charge is 0.412 e. The fourth-order valence-electron chi connectivity index (χ4n) is 1.03. The number of alkyl halides is 3. The van der Waals surface area contributed by atoms with E-state index in [0.717, 1.165) is 0 Å². The molecule has 0 N–H and O–H groups in total. The predicted octanol–water partition coefficient (Wildman–Crippen LogP) is 2.56. The van der Waals surface area contributed by atoms with Crippen molar-refractivity contribution in [1.29, 1.82) is 0 Å². The SMILES string of the molecule is CC(C)COC(=O)C(C(=O)OCC(C)C)C(F)(F)F. The summed E-state index contributed by atoms with van der Waals surface area (Å²) < 4.78 is 46.9. The van der Waals surface area contributed by atoms with Gasteiger partial charge in [-0.3, -0.25) is 9.59 Å². The number of rotatable bonds is 6. The van der Waals surface area contributed by atoms with Gasteiger partial charge in [0.2, 0.25) is 5.92 Å². The fourth-order valence-corrected chi connectivity index (χ4v) is 1.03. The van der Waals surface area contributed by atoms with Gasteiger partial charge < -0.3 is 9.47 Å². The topological polar surface area (TPSA) is 52.6 Å². The van der Waals surface area contributed by atoms with E-state index >= 15 is 0 Å². The Morgan fingerprint density at radius 1 is 0.895 bits per heavy atom. The number of carbonyl (C=O) groups excluding carboxylic acids is 2. The predicted molar refractivity (Wildman–Crippen MR) is 61.1 cm³/mol. The van der Waals surface area contributed by atoms with Crippen LogP contribution in [0.4, 0.5) is 13.2 Å². The summed E-state index contributed by atoms with van der Waals surface area (Å²) in [6.45, 7) is 6.34. The number of hydrogen-bond donors (Lipinski definition) is 0. The van der Waals surface area contributed by atoms with Crippen LogP contribution >= 0.6 is 0 Å². The van der Waals surface area contributed by atoms with Crippen LogP contribution in [0.5, 0.6) is 0 Å². The summed E-state index contributed by atoms with van der Waals surface area (Å²) in [5, 5.41) is 0. The Morgan fingerprint density at radius 3 is 1.42 bits per heavy atom. The molecule has 0 aliphatic heterocycles. The molecule has 0 aliphatic rings. The van der Waals surface area contributed by atoms with E-state index in [0.29, 0.717) is 0 Å². The molecule has 0 atom stereocenters. The molecule has 0 aromatic rings. The lowest BCUT2D eigenvalue weighted by Crippen LogP contribution is -2.40. The molecule has 0 aliphatic carbocycles. The van der Waals surface area contributed by atoms with Gasteiger partial charge in [-0.2, -0.15) is 13.2 Å². The summed E-state index contributed by atoms with van der Waals surface area (Å²) in [6, 6.07) is 0. The van der Waals surface area contributed by atoms with Crippen LogP contribution in [0.3, 0.4) is 0 Å². The molecular weight excluding hydrogens is 265 g/mol. The standard InChI is InChI=1S/C12H19F3O4/c1-7(2)5-18-10(16)9(12(13,14)15)11(17)19-6-8(3)4/h7-9H,5-6H2,1-4H3. The van der Waals surface area contributed by atoms with Crippen molar-refractivity contribution in [1.82, 2.24) is 0 Å². The van der Waals surface area contributed by atoms with Gasteiger partial charge >= 0.3 is 18.1 Å². The van der Waals surface area contributed by atoms with Crippen molar-refractivity contribution >= 4 is 11.9 Å². The van der Waals surface area contributed by atoms with E-state index in [1.165, 1.54) is 0 Å². The van der Waals surface area contributed by atoms with Crippen LogP contribution in [0.25, 0.3) is 0 Å². The molecule has 112 valence electrons. The molecule has 0 saturated carbocycles. The minimum Gasteiger partial charge on any atom is -0.465 e. The third-order valence-corrected chi connectivity index (χ3v) is 1.92. The quantitative estimate of drug-likeness (QED) is 0.555. The minimum absolute atomic E-state index is 0.121. The molecule has 0 bridgehead atoms. The summed E-state index contributed by atoms with van der Waals surface area (Å²) >= 11 is 0. The first-order chi connectivity index (χ1) is 8.55. The number of esters is 2. The fraction of sp³-hybridized carbons (Fsp3) is 0.833. The maximum Gasteiger partial charge on any atom is 0.412 e. The van der Waals surface area contributed by atoms with Gasteiger partial charge in [-0.15, -0.1) is 0 Å². The Hall–Kier alpha value is -1.27. The zero-order valence-corrected chi connectivity index (χ0v) is 11.4. The molecule has 0 heterocycles. The number of ether oxygens (including phenoxy) is 2. The van der Waals surface area contributed by atoms with E-state index in [4.69, 9.17) is 0 Å². The van der Waals surface area contributed by atoms with Gasteiger partial charge in [0.15, 0.2) is 0 Å². The van der Waals surface area contributed by atoms with Gasteiger partial charge in [0.25, 0.3) is 0 Å². The zero-order valence-electron chi connectivity index (χ0n) is 11.4. The van der Waals surface area contributed by atoms with Gasteiger partial charge in [0.05, 0.1) is 13.2 Å². The van der Waals surface area contributed by atoms with Gasteiger partial charge in [0.1, 0.15) is 0 Å². The second-order valence-electron chi connectivity index (χ2n) is 5.02. The highest BCUT2D eigenvalue weighted by Crippen LogP contribution is 2.28. The minimum atomic E-state index is -5.01. The van der Waals surface area contributed by atoms with Crippen LogP contribution in [-0.4, -0.2) is 31.3 Å². The Kier molecular flexibility index (Phi) is 6.86. The summed E-state index contributed by atoms with van der Waals surface area (Å²) in [5.74, 6) is -6.34. The zero-order chi connectivity index (χ0) is 15.2. The van der Waals surface area contributed by atoms with Gasteiger partial charge in [-0.05, 0) is 11.8 Å². The maximum atomic E-state index is 12.7. The third kappa shape index (κ3) is 7.03. The van der Waals surface area contributed by atoms with Crippen LogP contribution in [0.15, 0.2) is 0 Å². The van der Waals surface area contributed by atoms with E-state index in [9.17, 15) is 22.8 Å². The first kappa shape index (κ1) is 17.7. The molecule has 0 saturated heterocycles. The molecule has 0 fully saturated rings. The monoisotopic (exact) mass is 284 g/mol. The van der Waals surface area contributed by atoms with Crippen molar-refractivity contribution in [3.63, 3.8) is 0 Å². The highest BCUT2D eigenvalue weighted by atomic mass is 19.4. The first-order valence-electron chi connectivity index (χ1n) is 5.95. The normalized spacial score (nSPS) is 12.1. The van der Waals surface area contributed by atoms with Crippen molar-refractivity contribution in [2.24, 2.45) is 17.8 Å². The Balaban J connectivity index is 4.72. The molecule has 0 amide bonds. The van der Waals surface area contributed by atoms with Crippen LogP contribution in [0.2, 0.25) is 0 Å². The lowest BCUT2D eigenvalue weighted by atomic mass is 10.1. The highest BCUT2D eigenvalue weighted by Gasteiger charge is 2.52. The third-order valence-electron chi connectivity index (χ3n) is 1.92. The van der Waals surface area contributed by atoms with E-state index in [-0.39, 0.29) is 25.0 Å². The average molecular weight is 284 g/mol. The molecule has 0 radical (unpaired) electrons. The first-order valence-corrected chi connectivity index (χ1v) is 5.95. The van der Waals surface area contributed by atoms with Crippen LogP contribution in [0.1, 0.15) is 27.7 Å². The number of hydrogen-bond acceptors (Lipinski definition) is 4. The van der Waals surface area contributed by atoms with Crippen molar-refractivity contribution in [2.75, 3.05) is 13.2 Å². The van der Waals surface area contributed by atoms with Gasteiger partial charge in [-0.1, -0.05) is 27.7 Å². The molecule has 0 unspecified atom stereocenters. The molecule has 0 rings (SSSR count). The van der Waals surface area contributed by atoms with Crippen molar-refractivity contribution in [3.8, 4) is 0 Å². The van der Waals surface area contributed by atoms with E-state index in [1.54, 1.807) is 27.7 Å². The molecule has 0 aromatic heterocycles. The second kappa shape index (κ2) is 7.35. The van der Waals surface area contributed by atoms with E-state index in [2.05, 4.69) is 9.47 Å². The van der Waals surface area contributed by atoms with Crippen LogP contribution < -0.4 is 0 Å². The molecule has 7 heteroatoms. The largest absolute Gasteiger partial charge is 0.465 e. The summed E-state index contributed by atoms with van der Waals surface area (Å²) in [4.78, 5) is 22.7. The maximum absolute atomic E-state index is 12.7. The highest BCUT2D eigenvalue weighted by molar-refractivity contribution is 5.95. The van der Waals surface area contributed by atoms with E-state index < -0.39 is 24.0 Å². The van der Waals surface area contributed by atoms with E-state index in [1.807, 2.05) is 0 Å². The van der Waals surface area contributed by atoms with Crippen LogP contribution in [-0.2, 0) is 19.1 Å². The summed E-state index contributed by atoms with van der Waals surface area (Å²) in [7, 11) is 0. The average Bonchev–Trinajstić information content (AvgIpc) is 2.21. The Morgan fingerprint density at radius 2 is 1.21 bits per heavy atom. The van der Waals surface area contributed by atoms with Crippen molar-refractivity contribution in [2.45, 2.75) is 33.9 Å².